The number of phenolic OH excluding ortho intramolecular Hbond substituents is 1. The largest absolute Gasteiger partial charge is 0.508 e. The number of anilines is 1. The molecule has 0 amide bonds. The lowest BCUT2D eigenvalue weighted by atomic mass is 10.3. The highest BCUT2D eigenvalue weighted by molar-refractivity contribution is 7.99. The third kappa shape index (κ3) is 6.81. The van der Waals surface area contributed by atoms with Crippen molar-refractivity contribution in [2.75, 3.05) is 12.1 Å². The fourth-order valence-corrected chi connectivity index (χ4v) is 4.65. The van der Waals surface area contributed by atoms with Gasteiger partial charge >= 0.3 is 13.8 Å². The summed E-state index contributed by atoms with van der Waals surface area (Å²) < 4.78 is 60.7. The molecule has 10 nitrogen and oxygen atoms in total. The van der Waals surface area contributed by atoms with Crippen molar-refractivity contribution in [1.82, 2.24) is 19.5 Å². The average Bonchev–Trinajstić information content (AvgIpc) is 3.10. The molecule has 4 N–H and O–H groups in total. The van der Waals surface area contributed by atoms with E-state index >= 15 is 0 Å². The fraction of sp³-hybridized carbons (Fsp3) is 0.389. The molecule has 33 heavy (non-hydrogen) atoms. The van der Waals surface area contributed by atoms with Crippen molar-refractivity contribution in [1.29, 1.82) is 0 Å². The monoisotopic (exact) mass is 507 g/mol. The van der Waals surface area contributed by atoms with E-state index in [4.69, 9.17) is 10.5 Å². The Labute approximate surface area is 190 Å². The summed E-state index contributed by atoms with van der Waals surface area (Å²) in [6, 6.07) is 6.46. The second-order valence-corrected chi connectivity index (χ2v) is 9.89. The molecule has 1 aromatic carbocycles. The maximum Gasteiger partial charge on any atom is 0.414 e. The van der Waals surface area contributed by atoms with Crippen LogP contribution in [0.15, 0.2) is 40.5 Å². The Bertz CT molecular complexity index is 1160. The number of hydrogen-bond acceptors (Lipinski definition) is 9. The molecule has 0 aliphatic carbocycles. The molecular weight excluding hydrogens is 486 g/mol. The van der Waals surface area contributed by atoms with Gasteiger partial charge in [0.15, 0.2) is 11.8 Å². The van der Waals surface area contributed by atoms with E-state index < -0.39 is 32.3 Å². The molecule has 2 heterocycles. The van der Waals surface area contributed by atoms with Gasteiger partial charge in [0.2, 0.25) is 5.95 Å². The van der Waals surface area contributed by atoms with E-state index in [9.17, 15) is 27.7 Å². The minimum Gasteiger partial charge on any atom is -0.508 e. The van der Waals surface area contributed by atoms with Crippen molar-refractivity contribution in [3.63, 3.8) is 0 Å². The van der Waals surface area contributed by atoms with Crippen LogP contribution in [-0.4, -0.2) is 54.3 Å². The third-order valence-corrected chi connectivity index (χ3v) is 6.37. The molecule has 15 heteroatoms. The van der Waals surface area contributed by atoms with Gasteiger partial charge in [0.1, 0.15) is 22.6 Å². The molecule has 3 atom stereocenters. The number of alkyl halides is 3. The SMILES string of the molecule is CC(Cn1cnc2c(Sc3ccc(O)cc3)nc(N)nc21)OCP(=O)(O)OC(C)C(F)(F)F. The van der Waals surface area contributed by atoms with Crippen LogP contribution in [0.5, 0.6) is 5.75 Å². The first-order valence-electron chi connectivity index (χ1n) is 9.48. The molecule has 0 saturated heterocycles. The van der Waals surface area contributed by atoms with Crippen molar-refractivity contribution < 1.29 is 37.0 Å². The van der Waals surface area contributed by atoms with Crippen LogP contribution in [0.3, 0.4) is 0 Å². The second kappa shape index (κ2) is 9.85. The Balaban J connectivity index is 1.70. The van der Waals surface area contributed by atoms with Crippen LogP contribution in [0.25, 0.3) is 11.2 Å². The van der Waals surface area contributed by atoms with E-state index in [2.05, 4.69) is 19.5 Å². The summed E-state index contributed by atoms with van der Waals surface area (Å²) in [5.41, 5.74) is 6.66. The highest BCUT2D eigenvalue weighted by Gasteiger charge is 2.41. The number of nitrogens with two attached hydrogens (primary N) is 1. The van der Waals surface area contributed by atoms with Crippen molar-refractivity contribution in [2.45, 2.75) is 48.7 Å². The normalized spacial score (nSPS) is 15.9. The van der Waals surface area contributed by atoms with E-state index in [0.717, 1.165) is 4.90 Å². The molecule has 3 aromatic rings. The number of halogens is 3. The number of nitrogens with zero attached hydrogens (tertiary/aromatic N) is 4. The van der Waals surface area contributed by atoms with Crippen LogP contribution in [0.1, 0.15) is 13.8 Å². The minimum absolute atomic E-state index is 0.00602. The maximum atomic E-state index is 12.6. The van der Waals surface area contributed by atoms with Gasteiger partial charge in [0.25, 0.3) is 0 Å². The average molecular weight is 507 g/mol. The molecule has 2 aromatic heterocycles. The summed E-state index contributed by atoms with van der Waals surface area (Å²) in [6.07, 6.45) is -7.33. The number of aromatic nitrogens is 4. The number of nitrogen functional groups attached to an aromatic ring is 1. The van der Waals surface area contributed by atoms with E-state index in [1.807, 2.05) is 0 Å². The van der Waals surface area contributed by atoms with Crippen molar-refractivity contribution in [2.24, 2.45) is 0 Å². The number of fused-ring (bicyclic) bond motifs is 1. The summed E-state index contributed by atoms with van der Waals surface area (Å²) in [5, 5.41) is 9.90. The van der Waals surface area contributed by atoms with E-state index in [1.54, 1.807) is 23.6 Å². The van der Waals surface area contributed by atoms with Crippen molar-refractivity contribution in [3.8, 4) is 5.75 Å². The first kappa shape index (κ1) is 25.2. The topological polar surface area (TPSA) is 146 Å². The Hall–Kier alpha value is -2.38. The van der Waals surface area contributed by atoms with Gasteiger partial charge in [-0.05, 0) is 38.1 Å². The van der Waals surface area contributed by atoms with E-state index in [-0.39, 0.29) is 18.2 Å². The van der Waals surface area contributed by atoms with Crippen LogP contribution in [0.4, 0.5) is 19.1 Å². The van der Waals surface area contributed by atoms with Crippen LogP contribution in [-0.2, 0) is 20.4 Å². The Morgan fingerprint density at radius 3 is 2.55 bits per heavy atom. The lowest BCUT2D eigenvalue weighted by Gasteiger charge is -2.21. The predicted octanol–water partition coefficient (Wildman–Crippen LogP) is 3.78. The Morgan fingerprint density at radius 2 is 1.91 bits per heavy atom. The molecule has 0 radical (unpaired) electrons. The molecule has 0 saturated carbocycles. The first-order chi connectivity index (χ1) is 15.3. The number of ether oxygens (including phenoxy) is 1. The van der Waals surface area contributed by atoms with Crippen LogP contribution < -0.4 is 5.73 Å². The Kier molecular flexibility index (Phi) is 7.54. The van der Waals surface area contributed by atoms with Gasteiger partial charge in [0.05, 0.1) is 19.0 Å². The standard InChI is InChI=1S/C18H21F3N5O5PS/c1-10(30-9-32(28,29)31-11(2)18(19,20)21)7-26-8-23-14-15(26)24-17(22)25-16(14)33-13-5-3-12(27)4-6-13/h3-6,8,10-11,27H,7,9H2,1-2H3,(H,28,29)(H2,22,24,25). The number of benzene rings is 1. The lowest BCUT2D eigenvalue weighted by Crippen LogP contribution is -2.28. The summed E-state index contributed by atoms with van der Waals surface area (Å²) >= 11 is 1.27. The van der Waals surface area contributed by atoms with Crippen LogP contribution in [0, 0.1) is 0 Å². The summed E-state index contributed by atoms with van der Waals surface area (Å²) in [6.45, 7) is 2.32. The number of phenols is 1. The Morgan fingerprint density at radius 1 is 1.24 bits per heavy atom. The molecule has 0 bridgehead atoms. The number of imidazole rings is 1. The summed E-state index contributed by atoms with van der Waals surface area (Å²) in [4.78, 5) is 23.1. The van der Waals surface area contributed by atoms with E-state index in [0.29, 0.717) is 23.1 Å². The number of rotatable bonds is 9. The summed E-state index contributed by atoms with van der Waals surface area (Å²) in [5.74, 6) is 0.115. The molecule has 3 rings (SSSR count). The quantitative estimate of drug-likeness (QED) is 0.289. The molecule has 180 valence electrons. The molecule has 0 spiro atoms. The van der Waals surface area contributed by atoms with Gasteiger partial charge in [-0.1, -0.05) is 11.8 Å². The maximum absolute atomic E-state index is 12.6. The number of hydrogen-bond donors (Lipinski definition) is 3. The number of aromatic hydroxyl groups is 1. The molecule has 0 aliphatic rings. The zero-order chi connectivity index (χ0) is 24.4. The third-order valence-electron chi connectivity index (χ3n) is 4.26. The highest BCUT2D eigenvalue weighted by Crippen LogP contribution is 2.46. The minimum atomic E-state index is -4.77. The highest BCUT2D eigenvalue weighted by atomic mass is 32.2. The zero-order valence-electron chi connectivity index (χ0n) is 17.4. The van der Waals surface area contributed by atoms with Crippen LogP contribution >= 0.6 is 19.4 Å². The zero-order valence-corrected chi connectivity index (χ0v) is 19.1. The second-order valence-electron chi connectivity index (χ2n) is 7.09. The van der Waals surface area contributed by atoms with E-state index in [1.165, 1.54) is 30.2 Å². The first-order valence-corrected chi connectivity index (χ1v) is 12.1. The van der Waals surface area contributed by atoms with Gasteiger partial charge in [-0.15, -0.1) is 0 Å². The molecular formula is C18H21F3N5O5PS. The fourth-order valence-electron chi connectivity index (χ4n) is 2.65. The van der Waals surface area contributed by atoms with Crippen molar-refractivity contribution >= 4 is 36.5 Å². The molecule has 0 aliphatic heterocycles. The van der Waals surface area contributed by atoms with Gasteiger partial charge in [0, 0.05) is 4.90 Å². The van der Waals surface area contributed by atoms with Crippen LogP contribution in [0.2, 0.25) is 0 Å². The smallest absolute Gasteiger partial charge is 0.414 e. The summed E-state index contributed by atoms with van der Waals surface area (Å²) in [7, 11) is -4.63. The lowest BCUT2D eigenvalue weighted by molar-refractivity contribution is -0.191. The van der Waals surface area contributed by atoms with Crippen molar-refractivity contribution in [3.05, 3.63) is 30.6 Å². The van der Waals surface area contributed by atoms with Gasteiger partial charge in [-0.3, -0.25) is 9.09 Å². The molecule has 0 fully saturated rings. The van der Waals surface area contributed by atoms with Gasteiger partial charge in [-0.2, -0.15) is 18.2 Å². The molecule has 3 unspecified atom stereocenters. The van der Waals surface area contributed by atoms with Gasteiger partial charge in [-0.25, -0.2) is 9.97 Å². The van der Waals surface area contributed by atoms with Gasteiger partial charge < -0.3 is 25.0 Å². The predicted molar refractivity (Wildman–Crippen MR) is 114 cm³/mol.